The molecule has 90 valence electrons. The van der Waals surface area contributed by atoms with Crippen LogP contribution in [0.2, 0.25) is 0 Å². The fraction of sp³-hybridized carbons (Fsp3) is 0. The highest BCUT2D eigenvalue weighted by atomic mass is 32.1. The van der Waals surface area contributed by atoms with Crippen molar-refractivity contribution in [3.05, 3.63) is 66.0 Å². The van der Waals surface area contributed by atoms with Gasteiger partial charge in [-0.2, -0.15) is 5.10 Å². The molecule has 0 aliphatic rings. The van der Waals surface area contributed by atoms with Gasteiger partial charge in [-0.3, -0.25) is 10.4 Å². The lowest BCUT2D eigenvalue weighted by atomic mass is 10.0. The van der Waals surface area contributed by atoms with Crippen molar-refractivity contribution in [2.24, 2.45) is 10.8 Å². The van der Waals surface area contributed by atoms with Crippen LogP contribution < -0.4 is 11.2 Å². The van der Waals surface area contributed by atoms with Crippen LogP contribution in [0.3, 0.4) is 0 Å². The van der Waals surface area contributed by atoms with E-state index in [1.54, 1.807) is 12.4 Å². The third-order valence-electron chi connectivity index (χ3n) is 2.28. The lowest BCUT2D eigenvalue weighted by Crippen LogP contribution is -2.26. The molecule has 0 saturated heterocycles. The van der Waals surface area contributed by atoms with Crippen molar-refractivity contribution in [1.82, 2.24) is 10.4 Å². The summed E-state index contributed by atoms with van der Waals surface area (Å²) in [4.78, 5) is 3.99. The maximum Gasteiger partial charge on any atom is 0.184 e. The predicted molar refractivity (Wildman–Crippen MR) is 76.2 cm³/mol. The Morgan fingerprint density at radius 2 is 1.67 bits per heavy atom. The van der Waals surface area contributed by atoms with E-state index in [1.165, 1.54) is 0 Å². The van der Waals surface area contributed by atoms with Crippen LogP contribution in [0.15, 0.2) is 60.0 Å². The molecule has 2 rings (SSSR count). The maximum atomic E-state index is 5.40. The Bertz CT molecular complexity index is 510. The molecule has 2 aromatic rings. The van der Waals surface area contributed by atoms with Crippen molar-refractivity contribution >= 4 is 23.0 Å². The number of hydrogen-bond acceptors (Lipinski definition) is 3. The topological polar surface area (TPSA) is 63.3 Å². The van der Waals surface area contributed by atoms with Crippen molar-refractivity contribution in [2.75, 3.05) is 0 Å². The molecule has 0 radical (unpaired) electrons. The number of hydrazone groups is 1. The molecule has 0 saturated carbocycles. The molecule has 0 atom stereocenters. The second-order valence-electron chi connectivity index (χ2n) is 3.54. The third kappa shape index (κ3) is 3.11. The van der Waals surface area contributed by atoms with E-state index in [2.05, 4.69) is 15.5 Å². The third-order valence-corrected chi connectivity index (χ3v) is 2.37. The Morgan fingerprint density at radius 3 is 2.28 bits per heavy atom. The molecule has 0 fully saturated rings. The van der Waals surface area contributed by atoms with E-state index >= 15 is 0 Å². The van der Waals surface area contributed by atoms with Gasteiger partial charge in [0.2, 0.25) is 0 Å². The van der Waals surface area contributed by atoms with E-state index in [0.29, 0.717) is 0 Å². The van der Waals surface area contributed by atoms with Gasteiger partial charge in [-0.15, -0.1) is 0 Å². The quantitative estimate of drug-likeness (QED) is 0.498. The Kier molecular flexibility index (Phi) is 3.98. The van der Waals surface area contributed by atoms with Crippen molar-refractivity contribution in [1.29, 1.82) is 0 Å². The summed E-state index contributed by atoms with van der Waals surface area (Å²) < 4.78 is 0. The van der Waals surface area contributed by atoms with Gasteiger partial charge in [-0.05, 0) is 24.4 Å². The predicted octanol–water partition coefficient (Wildman–Crippen LogP) is 1.67. The molecule has 3 N–H and O–H groups in total. The summed E-state index contributed by atoms with van der Waals surface area (Å²) in [5.41, 5.74) is 10.7. The van der Waals surface area contributed by atoms with Gasteiger partial charge in [0, 0.05) is 23.5 Å². The first kappa shape index (κ1) is 12.2. The highest BCUT2D eigenvalue weighted by Gasteiger charge is 2.06. The fourth-order valence-electron chi connectivity index (χ4n) is 1.51. The molecule has 0 aliphatic carbocycles. The Morgan fingerprint density at radius 1 is 1.06 bits per heavy atom. The number of nitrogens with two attached hydrogens (primary N) is 1. The zero-order chi connectivity index (χ0) is 12.8. The van der Waals surface area contributed by atoms with Gasteiger partial charge in [0.1, 0.15) is 0 Å². The maximum absolute atomic E-state index is 5.40. The number of thiocarbonyl (C=S) groups is 1. The minimum atomic E-state index is 0.137. The van der Waals surface area contributed by atoms with Crippen LogP contribution in [-0.2, 0) is 0 Å². The average Bonchev–Trinajstić information content (AvgIpc) is 2.41. The smallest absolute Gasteiger partial charge is 0.184 e. The van der Waals surface area contributed by atoms with Gasteiger partial charge in [0.05, 0.1) is 5.71 Å². The number of nitrogens with zero attached hydrogens (tertiary/aromatic N) is 2. The summed E-state index contributed by atoms with van der Waals surface area (Å²) in [6.07, 6.45) is 3.43. The minimum absolute atomic E-state index is 0.137. The van der Waals surface area contributed by atoms with Crippen LogP contribution in [-0.4, -0.2) is 15.8 Å². The lowest BCUT2D eigenvalue weighted by Gasteiger charge is -2.07. The van der Waals surface area contributed by atoms with Crippen LogP contribution >= 0.6 is 12.2 Å². The van der Waals surface area contributed by atoms with E-state index < -0.39 is 0 Å². The van der Waals surface area contributed by atoms with Crippen LogP contribution in [0, 0.1) is 0 Å². The van der Waals surface area contributed by atoms with Gasteiger partial charge in [-0.1, -0.05) is 30.3 Å². The van der Waals surface area contributed by atoms with E-state index in [9.17, 15) is 0 Å². The first-order valence-corrected chi connectivity index (χ1v) is 5.77. The molecular formula is C13H12N4S. The standard InChI is InChI=1S/C13H12N4S/c14-13(18)17-16-12(10-4-2-1-3-5-10)11-6-8-15-9-7-11/h1-9H,(H3,14,17,18)/b16-12+. The fourth-order valence-corrected chi connectivity index (χ4v) is 1.56. The molecule has 4 nitrogen and oxygen atoms in total. The first-order valence-electron chi connectivity index (χ1n) is 5.36. The molecule has 0 bridgehead atoms. The summed E-state index contributed by atoms with van der Waals surface area (Å²) in [7, 11) is 0. The van der Waals surface area contributed by atoms with Gasteiger partial charge >= 0.3 is 0 Å². The molecule has 0 amide bonds. The van der Waals surface area contributed by atoms with Crippen LogP contribution in [0.4, 0.5) is 0 Å². The zero-order valence-electron chi connectivity index (χ0n) is 9.58. The summed E-state index contributed by atoms with van der Waals surface area (Å²) in [5, 5.41) is 4.37. The molecule has 0 unspecified atom stereocenters. The molecule has 5 heteroatoms. The molecule has 1 heterocycles. The van der Waals surface area contributed by atoms with Crippen molar-refractivity contribution in [2.45, 2.75) is 0 Å². The Hall–Kier alpha value is -2.27. The molecule has 1 aromatic heterocycles. The average molecular weight is 256 g/mol. The normalized spacial score (nSPS) is 11.0. The van der Waals surface area contributed by atoms with E-state index in [0.717, 1.165) is 16.8 Å². The van der Waals surface area contributed by atoms with Crippen molar-refractivity contribution in [3.8, 4) is 0 Å². The molecule has 18 heavy (non-hydrogen) atoms. The van der Waals surface area contributed by atoms with Crippen molar-refractivity contribution in [3.63, 3.8) is 0 Å². The number of pyridine rings is 1. The van der Waals surface area contributed by atoms with Crippen molar-refractivity contribution < 1.29 is 0 Å². The number of nitrogens with one attached hydrogen (secondary N) is 1. The second kappa shape index (κ2) is 5.88. The van der Waals surface area contributed by atoms with Crippen LogP contribution in [0.5, 0.6) is 0 Å². The zero-order valence-corrected chi connectivity index (χ0v) is 10.4. The van der Waals surface area contributed by atoms with E-state index in [4.69, 9.17) is 18.0 Å². The Balaban J connectivity index is 2.42. The number of rotatable bonds is 3. The summed E-state index contributed by atoms with van der Waals surface area (Å²) in [6, 6.07) is 13.6. The molecule has 0 aliphatic heterocycles. The first-order chi connectivity index (χ1) is 8.77. The lowest BCUT2D eigenvalue weighted by molar-refractivity contribution is 1.03. The molecular weight excluding hydrogens is 244 g/mol. The molecule has 0 spiro atoms. The van der Waals surface area contributed by atoms with E-state index in [1.807, 2.05) is 42.5 Å². The minimum Gasteiger partial charge on any atom is -0.375 e. The summed E-state index contributed by atoms with van der Waals surface area (Å²) in [6.45, 7) is 0. The molecule has 1 aromatic carbocycles. The number of hydrogen-bond donors (Lipinski definition) is 2. The van der Waals surface area contributed by atoms with Crippen LogP contribution in [0.1, 0.15) is 11.1 Å². The highest BCUT2D eigenvalue weighted by Crippen LogP contribution is 2.09. The largest absolute Gasteiger partial charge is 0.375 e. The van der Waals surface area contributed by atoms with Crippen LogP contribution in [0.25, 0.3) is 0 Å². The van der Waals surface area contributed by atoms with Gasteiger partial charge in [-0.25, -0.2) is 0 Å². The number of benzene rings is 1. The second-order valence-corrected chi connectivity index (χ2v) is 3.98. The SMILES string of the molecule is NC(=S)N/N=C(\c1ccccc1)c1ccncc1. The van der Waals surface area contributed by atoms with Gasteiger partial charge in [0.25, 0.3) is 0 Å². The number of aromatic nitrogens is 1. The monoisotopic (exact) mass is 256 g/mol. The highest BCUT2D eigenvalue weighted by molar-refractivity contribution is 7.80. The van der Waals surface area contributed by atoms with Gasteiger partial charge in [0.15, 0.2) is 5.11 Å². The Labute approximate surface area is 111 Å². The summed E-state index contributed by atoms with van der Waals surface area (Å²) in [5.74, 6) is 0. The van der Waals surface area contributed by atoms with Gasteiger partial charge < -0.3 is 5.73 Å². The van der Waals surface area contributed by atoms with E-state index in [-0.39, 0.29) is 5.11 Å². The summed E-state index contributed by atoms with van der Waals surface area (Å²) >= 11 is 4.76.